The molecule has 11 rings (SSSR count). The van der Waals surface area contributed by atoms with Crippen molar-refractivity contribution >= 4 is 82.0 Å². The van der Waals surface area contributed by atoms with Crippen molar-refractivity contribution in [1.82, 2.24) is 4.57 Å². The molecule has 11 aromatic rings. The van der Waals surface area contributed by atoms with Gasteiger partial charge in [0.2, 0.25) is 0 Å². The molecule has 1 heterocycles. The normalized spacial score (nSPS) is 12.0. The first-order chi connectivity index (χ1) is 24.8. The third-order valence-corrected chi connectivity index (χ3v) is 10.7. The molecule has 0 radical (unpaired) electrons. The smallest absolute Gasteiger partial charge is 0.0548 e. The van der Waals surface area contributed by atoms with Gasteiger partial charge in [0, 0.05) is 38.9 Å². The molecule has 0 aliphatic heterocycles. The van der Waals surface area contributed by atoms with Crippen LogP contribution in [0.25, 0.3) is 81.7 Å². The summed E-state index contributed by atoms with van der Waals surface area (Å²) in [7, 11) is 0. The number of rotatable bonds is 5. The van der Waals surface area contributed by atoms with Crippen molar-refractivity contribution in [2.24, 2.45) is 0 Å². The average molecular weight is 635 g/mol. The molecule has 0 bridgehead atoms. The van der Waals surface area contributed by atoms with Crippen molar-refractivity contribution in [3.8, 4) is 16.8 Å². The van der Waals surface area contributed by atoms with Gasteiger partial charge in [0.1, 0.15) is 0 Å². The molecular weight excluding hydrogens is 605 g/mol. The topological polar surface area (TPSA) is 8.17 Å². The quantitative estimate of drug-likeness (QED) is 0.135. The number of para-hydroxylation sites is 2. The number of nitrogens with zero attached hydrogens (tertiary/aromatic N) is 2. The summed E-state index contributed by atoms with van der Waals surface area (Å²) in [5.74, 6) is 0. The van der Waals surface area contributed by atoms with Crippen LogP contribution in [0.2, 0.25) is 0 Å². The molecule has 0 aliphatic rings. The van der Waals surface area contributed by atoms with Gasteiger partial charge in [-0.1, -0.05) is 121 Å². The minimum atomic E-state index is 1.13. The van der Waals surface area contributed by atoms with E-state index in [2.05, 4.69) is 191 Å². The van der Waals surface area contributed by atoms with Gasteiger partial charge in [0.05, 0.1) is 11.0 Å². The lowest BCUT2D eigenvalue weighted by molar-refractivity contribution is 1.18. The summed E-state index contributed by atoms with van der Waals surface area (Å²) in [5.41, 5.74) is 9.47. The van der Waals surface area contributed by atoms with Gasteiger partial charge in [-0.25, -0.2) is 0 Å². The van der Waals surface area contributed by atoms with Gasteiger partial charge in [0.15, 0.2) is 0 Å². The zero-order valence-electron chi connectivity index (χ0n) is 27.2. The molecule has 0 atom stereocenters. The van der Waals surface area contributed by atoms with Crippen LogP contribution in [0, 0.1) is 0 Å². The molecule has 2 heteroatoms. The van der Waals surface area contributed by atoms with E-state index in [1.807, 2.05) is 0 Å². The maximum atomic E-state index is 2.46. The number of hydrogen-bond acceptors (Lipinski definition) is 1. The molecule has 0 aliphatic carbocycles. The molecule has 10 aromatic carbocycles. The summed E-state index contributed by atoms with van der Waals surface area (Å²) < 4.78 is 2.46. The predicted molar refractivity (Wildman–Crippen MR) is 213 cm³/mol. The van der Waals surface area contributed by atoms with Crippen LogP contribution in [0.3, 0.4) is 0 Å². The Bertz CT molecular complexity index is 2950. The zero-order chi connectivity index (χ0) is 32.8. The van der Waals surface area contributed by atoms with Crippen molar-refractivity contribution in [2.45, 2.75) is 0 Å². The third kappa shape index (κ3) is 3.79. The summed E-state index contributed by atoms with van der Waals surface area (Å²) in [6.45, 7) is 0. The van der Waals surface area contributed by atoms with E-state index in [1.54, 1.807) is 0 Å². The molecule has 0 fully saturated rings. The summed E-state index contributed by atoms with van der Waals surface area (Å²) in [6, 6.07) is 66.3. The van der Waals surface area contributed by atoms with Crippen LogP contribution in [-0.4, -0.2) is 4.57 Å². The molecule has 1 aromatic heterocycles. The molecule has 232 valence electrons. The zero-order valence-corrected chi connectivity index (χ0v) is 27.2. The highest BCUT2D eigenvalue weighted by molar-refractivity contribution is 6.44. The molecule has 50 heavy (non-hydrogen) atoms. The Labute approximate surface area is 289 Å². The van der Waals surface area contributed by atoms with Crippen LogP contribution >= 0.6 is 0 Å². The molecule has 2 nitrogen and oxygen atoms in total. The molecule has 0 saturated heterocycles. The van der Waals surface area contributed by atoms with Crippen LogP contribution in [-0.2, 0) is 0 Å². The average Bonchev–Trinajstić information content (AvgIpc) is 3.54. The van der Waals surface area contributed by atoms with E-state index in [-0.39, 0.29) is 0 Å². The maximum absolute atomic E-state index is 2.46. The second kappa shape index (κ2) is 10.4. The molecule has 0 spiro atoms. The fourth-order valence-electron chi connectivity index (χ4n) is 8.57. The van der Waals surface area contributed by atoms with Gasteiger partial charge in [-0.15, -0.1) is 0 Å². The van der Waals surface area contributed by atoms with E-state index >= 15 is 0 Å². The summed E-state index contributed by atoms with van der Waals surface area (Å²) in [4.78, 5) is 2.30. The standard InChI is InChI=1S/C48H30N2/c1-3-11-33(12-4-1)49(34-13-5-2-6-14-34)35-25-21-31(22-26-35)32-23-27-36(28-24-32)50-43-20-10-19-41-40-18-9-17-39-37-15-7-8-16-38(37)42-29-30-44(50)48(46(41)43)47(42)45(39)40/h1-30H. The highest BCUT2D eigenvalue weighted by atomic mass is 15.1. The van der Waals surface area contributed by atoms with Crippen LogP contribution < -0.4 is 4.90 Å². The monoisotopic (exact) mass is 634 g/mol. The predicted octanol–water partition coefficient (Wildman–Crippen LogP) is 13.4. The van der Waals surface area contributed by atoms with Gasteiger partial charge in [-0.2, -0.15) is 0 Å². The van der Waals surface area contributed by atoms with Crippen molar-refractivity contribution in [1.29, 1.82) is 0 Å². The van der Waals surface area contributed by atoms with Crippen molar-refractivity contribution in [3.05, 3.63) is 182 Å². The first-order valence-corrected chi connectivity index (χ1v) is 17.3. The fourth-order valence-corrected chi connectivity index (χ4v) is 8.57. The van der Waals surface area contributed by atoms with Gasteiger partial charge < -0.3 is 9.47 Å². The summed E-state index contributed by atoms with van der Waals surface area (Å²) >= 11 is 0. The summed E-state index contributed by atoms with van der Waals surface area (Å²) in [6.07, 6.45) is 0. The van der Waals surface area contributed by atoms with E-state index in [9.17, 15) is 0 Å². The molecule has 0 N–H and O–H groups in total. The first-order valence-electron chi connectivity index (χ1n) is 17.3. The first kappa shape index (κ1) is 27.3. The van der Waals surface area contributed by atoms with E-state index in [4.69, 9.17) is 0 Å². The number of anilines is 3. The van der Waals surface area contributed by atoms with Crippen LogP contribution in [0.5, 0.6) is 0 Å². The second-order valence-electron chi connectivity index (χ2n) is 13.3. The van der Waals surface area contributed by atoms with Crippen molar-refractivity contribution < 1.29 is 0 Å². The molecular formula is C48H30N2. The number of aromatic nitrogens is 1. The van der Waals surface area contributed by atoms with Gasteiger partial charge in [0.25, 0.3) is 0 Å². The number of hydrogen-bond donors (Lipinski definition) is 0. The number of fused-ring (bicyclic) bond motifs is 4. The Hall–Kier alpha value is -6.64. The molecule has 0 saturated carbocycles. The molecule has 0 unspecified atom stereocenters. The van der Waals surface area contributed by atoms with Crippen molar-refractivity contribution in [2.75, 3.05) is 4.90 Å². The lowest BCUT2D eigenvalue weighted by Gasteiger charge is -2.25. The Morgan fingerprint density at radius 3 is 1.38 bits per heavy atom. The van der Waals surface area contributed by atoms with Crippen LogP contribution in [0.4, 0.5) is 17.1 Å². The van der Waals surface area contributed by atoms with E-state index in [1.165, 1.54) is 81.7 Å². The lowest BCUT2D eigenvalue weighted by Crippen LogP contribution is -2.09. The highest BCUT2D eigenvalue weighted by Crippen LogP contribution is 2.49. The number of benzene rings is 10. The minimum Gasteiger partial charge on any atom is -0.311 e. The Morgan fingerprint density at radius 1 is 0.280 bits per heavy atom. The Balaban J connectivity index is 1.05. The van der Waals surface area contributed by atoms with E-state index in [0.717, 1.165) is 17.1 Å². The highest BCUT2D eigenvalue weighted by Gasteiger charge is 2.23. The van der Waals surface area contributed by atoms with Crippen LogP contribution in [0.1, 0.15) is 0 Å². The summed E-state index contributed by atoms with van der Waals surface area (Å²) in [5, 5.41) is 13.4. The minimum absolute atomic E-state index is 1.13. The fraction of sp³-hybridized carbons (Fsp3) is 0. The van der Waals surface area contributed by atoms with Gasteiger partial charge in [-0.05, 0) is 109 Å². The van der Waals surface area contributed by atoms with E-state index < -0.39 is 0 Å². The SMILES string of the molecule is c1ccc(N(c2ccccc2)c2ccc(-c3ccc(-n4c5cccc6c7cccc8c9ccccc9c9ccc4c(c9c87)c65)cc3)cc2)cc1. The van der Waals surface area contributed by atoms with Gasteiger partial charge in [-0.3, -0.25) is 0 Å². The van der Waals surface area contributed by atoms with Crippen LogP contribution in [0.15, 0.2) is 182 Å². The van der Waals surface area contributed by atoms with Gasteiger partial charge >= 0.3 is 0 Å². The maximum Gasteiger partial charge on any atom is 0.0548 e. The third-order valence-electron chi connectivity index (χ3n) is 10.7. The largest absolute Gasteiger partial charge is 0.311 e. The Kier molecular flexibility index (Phi) is 5.70. The van der Waals surface area contributed by atoms with E-state index in [0.29, 0.717) is 0 Å². The Morgan fingerprint density at radius 2 is 0.740 bits per heavy atom. The lowest BCUT2D eigenvalue weighted by atomic mass is 9.86. The van der Waals surface area contributed by atoms with Crippen molar-refractivity contribution in [3.63, 3.8) is 0 Å². The second-order valence-corrected chi connectivity index (χ2v) is 13.3. The molecule has 0 amide bonds.